The van der Waals surface area contributed by atoms with Crippen molar-refractivity contribution in [2.24, 2.45) is 5.92 Å². The standard InChI is InChI=1S/C16H22N2O/c1-18-11-12-7-8-15(18)10-14(9-12)17-16(19)13-5-3-2-4-6-13/h2-6,12,14-15H,7-11H2,1H3,(H,17,19)/t12-,14-,15-/m1/s1. The van der Waals surface area contributed by atoms with Crippen LogP contribution in [-0.2, 0) is 0 Å². The molecule has 0 spiro atoms. The molecular weight excluding hydrogens is 236 g/mol. The zero-order valence-electron chi connectivity index (χ0n) is 11.5. The molecule has 19 heavy (non-hydrogen) atoms. The minimum Gasteiger partial charge on any atom is -0.349 e. The van der Waals surface area contributed by atoms with E-state index < -0.39 is 0 Å². The van der Waals surface area contributed by atoms with Crippen LogP contribution >= 0.6 is 0 Å². The van der Waals surface area contributed by atoms with Crippen molar-refractivity contribution in [1.29, 1.82) is 0 Å². The Morgan fingerprint density at radius 3 is 2.74 bits per heavy atom. The first-order chi connectivity index (χ1) is 9.22. The van der Waals surface area contributed by atoms with Crippen molar-refractivity contribution in [1.82, 2.24) is 10.2 Å². The van der Waals surface area contributed by atoms with Gasteiger partial charge < -0.3 is 10.2 Å². The van der Waals surface area contributed by atoms with Crippen LogP contribution in [0.3, 0.4) is 0 Å². The Labute approximate surface area is 115 Å². The predicted octanol–water partition coefficient (Wildman–Crippen LogP) is 2.29. The van der Waals surface area contributed by atoms with Gasteiger partial charge >= 0.3 is 0 Å². The molecule has 4 rings (SSSR count). The topological polar surface area (TPSA) is 32.3 Å². The van der Waals surface area contributed by atoms with Crippen molar-refractivity contribution in [3.63, 3.8) is 0 Å². The zero-order valence-corrected chi connectivity index (χ0v) is 11.5. The highest BCUT2D eigenvalue weighted by Crippen LogP contribution is 2.32. The van der Waals surface area contributed by atoms with Gasteiger partial charge in [-0.25, -0.2) is 0 Å². The first-order valence-corrected chi connectivity index (χ1v) is 7.28. The highest BCUT2D eigenvalue weighted by Gasteiger charge is 2.34. The summed E-state index contributed by atoms with van der Waals surface area (Å²) >= 11 is 0. The average Bonchev–Trinajstić information content (AvgIpc) is 2.70. The Balaban J connectivity index is 1.66. The molecule has 1 amide bonds. The van der Waals surface area contributed by atoms with Gasteiger partial charge in [0.15, 0.2) is 0 Å². The van der Waals surface area contributed by atoms with Crippen molar-refractivity contribution in [3.8, 4) is 0 Å². The van der Waals surface area contributed by atoms with Gasteiger partial charge in [0.2, 0.25) is 0 Å². The third-order valence-electron chi connectivity index (χ3n) is 4.62. The summed E-state index contributed by atoms with van der Waals surface area (Å²) < 4.78 is 0. The smallest absolute Gasteiger partial charge is 0.251 e. The third-order valence-corrected chi connectivity index (χ3v) is 4.62. The number of carbonyl (C=O) groups is 1. The van der Waals surface area contributed by atoms with Crippen LogP contribution in [0, 0.1) is 5.92 Å². The van der Waals surface area contributed by atoms with Gasteiger partial charge in [-0.1, -0.05) is 18.2 Å². The maximum absolute atomic E-state index is 12.2. The van der Waals surface area contributed by atoms with Crippen LogP contribution in [0.1, 0.15) is 36.0 Å². The van der Waals surface area contributed by atoms with Crippen LogP contribution < -0.4 is 5.32 Å². The minimum atomic E-state index is 0.0783. The van der Waals surface area contributed by atoms with Crippen molar-refractivity contribution in [3.05, 3.63) is 35.9 Å². The van der Waals surface area contributed by atoms with Gasteiger partial charge in [-0.3, -0.25) is 4.79 Å². The number of piperidine rings is 1. The van der Waals surface area contributed by atoms with E-state index in [0.29, 0.717) is 12.1 Å². The predicted molar refractivity (Wildman–Crippen MR) is 76.1 cm³/mol. The van der Waals surface area contributed by atoms with Crippen LogP contribution in [0.2, 0.25) is 0 Å². The second-order valence-corrected chi connectivity index (χ2v) is 6.04. The molecule has 2 aliphatic heterocycles. The Hall–Kier alpha value is -1.35. The molecule has 3 fully saturated rings. The van der Waals surface area contributed by atoms with Crippen LogP contribution in [0.5, 0.6) is 0 Å². The number of carbonyl (C=O) groups excluding carboxylic acids is 1. The van der Waals surface area contributed by atoms with E-state index >= 15 is 0 Å². The van der Waals surface area contributed by atoms with Gasteiger partial charge in [-0.15, -0.1) is 0 Å². The number of rotatable bonds is 2. The summed E-state index contributed by atoms with van der Waals surface area (Å²) in [6.45, 7) is 1.20. The molecule has 2 bridgehead atoms. The SMILES string of the molecule is CN1C[C@@H]2CC[C@@H]1C[C@H](NC(=O)c1ccccc1)C2. The highest BCUT2D eigenvalue weighted by atomic mass is 16.1. The summed E-state index contributed by atoms with van der Waals surface area (Å²) in [5.41, 5.74) is 0.771. The number of amides is 1. The summed E-state index contributed by atoms with van der Waals surface area (Å²) in [4.78, 5) is 14.7. The van der Waals surface area contributed by atoms with Crippen molar-refractivity contribution >= 4 is 5.91 Å². The zero-order chi connectivity index (χ0) is 13.2. The summed E-state index contributed by atoms with van der Waals surface area (Å²) in [5.74, 6) is 0.833. The van der Waals surface area contributed by atoms with Crippen molar-refractivity contribution < 1.29 is 4.79 Å². The van der Waals surface area contributed by atoms with E-state index in [9.17, 15) is 4.79 Å². The molecule has 3 atom stereocenters. The van der Waals surface area contributed by atoms with Crippen LogP contribution in [0.15, 0.2) is 30.3 Å². The van der Waals surface area contributed by atoms with E-state index in [-0.39, 0.29) is 5.91 Å². The van der Waals surface area contributed by atoms with Gasteiger partial charge in [-0.05, 0) is 50.8 Å². The molecule has 2 heterocycles. The quantitative estimate of drug-likeness (QED) is 0.882. The van der Waals surface area contributed by atoms with Crippen LogP contribution in [0.4, 0.5) is 0 Å². The Morgan fingerprint density at radius 2 is 2.00 bits per heavy atom. The molecule has 3 nitrogen and oxygen atoms in total. The van der Waals surface area contributed by atoms with E-state index in [0.717, 1.165) is 24.3 Å². The molecular formula is C16H22N2O. The molecule has 1 aliphatic carbocycles. The largest absolute Gasteiger partial charge is 0.349 e. The molecule has 0 aromatic heterocycles. The molecule has 1 saturated carbocycles. The fourth-order valence-corrected chi connectivity index (χ4v) is 3.59. The second-order valence-electron chi connectivity index (χ2n) is 6.04. The number of hydrogen-bond acceptors (Lipinski definition) is 2. The molecule has 0 radical (unpaired) electrons. The summed E-state index contributed by atoms with van der Waals surface area (Å²) in [6, 6.07) is 10.5. The van der Waals surface area contributed by atoms with E-state index in [1.54, 1.807) is 0 Å². The Bertz CT molecular complexity index is 445. The second kappa shape index (κ2) is 5.33. The number of benzene rings is 1. The van der Waals surface area contributed by atoms with E-state index in [2.05, 4.69) is 17.3 Å². The molecule has 1 N–H and O–H groups in total. The Morgan fingerprint density at radius 1 is 1.21 bits per heavy atom. The lowest BCUT2D eigenvalue weighted by Gasteiger charge is -2.33. The summed E-state index contributed by atoms with van der Waals surface area (Å²) in [6.07, 6.45) is 4.86. The monoisotopic (exact) mass is 258 g/mol. The maximum Gasteiger partial charge on any atom is 0.251 e. The third kappa shape index (κ3) is 2.81. The molecule has 3 aliphatic rings. The van der Waals surface area contributed by atoms with Gasteiger partial charge in [0, 0.05) is 24.2 Å². The van der Waals surface area contributed by atoms with Crippen molar-refractivity contribution in [2.45, 2.75) is 37.8 Å². The lowest BCUT2D eigenvalue weighted by atomic mass is 9.95. The molecule has 0 unspecified atom stereocenters. The number of nitrogens with zero attached hydrogens (tertiary/aromatic N) is 1. The fourth-order valence-electron chi connectivity index (χ4n) is 3.59. The van der Waals surface area contributed by atoms with E-state index in [1.165, 1.54) is 19.4 Å². The van der Waals surface area contributed by atoms with E-state index in [4.69, 9.17) is 0 Å². The van der Waals surface area contributed by atoms with Gasteiger partial charge in [0.1, 0.15) is 0 Å². The van der Waals surface area contributed by atoms with Gasteiger partial charge in [0.05, 0.1) is 0 Å². The minimum absolute atomic E-state index is 0.0783. The highest BCUT2D eigenvalue weighted by molar-refractivity contribution is 5.94. The number of hydrogen-bond donors (Lipinski definition) is 1. The molecule has 2 saturated heterocycles. The van der Waals surface area contributed by atoms with Gasteiger partial charge in [-0.2, -0.15) is 0 Å². The Kier molecular flexibility index (Phi) is 3.56. The molecule has 102 valence electrons. The summed E-state index contributed by atoms with van der Waals surface area (Å²) in [7, 11) is 2.22. The number of nitrogens with one attached hydrogen (secondary N) is 1. The molecule has 3 heteroatoms. The van der Waals surface area contributed by atoms with Crippen LogP contribution in [-0.4, -0.2) is 36.5 Å². The lowest BCUT2D eigenvalue weighted by molar-refractivity contribution is 0.0930. The first-order valence-electron chi connectivity index (χ1n) is 7.28. The normalized spacial score (nSPS) is 30.9. The van der Waals surface area contributed by atoms with Crippen molar-refractivity contribution in [2.75, 3.05) is 13.6 Å². The van der Waals surface area contributed by atoms with Crippen LogP contribution in [0.25, 0.3) is 0 Å². The molecule has 1 aromatic carbocycles. The fraction of sp³-hybridized carbons (Fsp3) is 0.562. The average molecular weight is 258 g/mol. The molecule has 1 aromatic rings. The maximum atomic E-state index is 12.2. The lowest BCUT2D eigenvalue weighted by Crippen LogP contribution is -2.39. The summed E-state index contributed by atoms with van der Waals surface area (Å²) in [5, 5.41) is 3.23. The van der Waals surface area contributed by atoms with Gasteiger partial charge in [0.25, 0.3) is 5.91 Å². The first kappa shape index (κ1) is 12.7. The van der Waals surface area contributed by atoms with E-state index in [1.807, 2.05) is 30.3 Å². The number of fused-ring (bicyclic) bond motifs is 4.